The van der Waals surface area contributed by atoms with Gasteiger partial charge in [0.15, 0.2) is 0 Å². The first kappa shape index (κ1) is 18.2. The fourth-order valence-electron chi connectivity index (χ4n) is 4.76. The Balaban J connectivity index is 1.62. The molecule has 3 aromatic carbocycles. The van der Waals surface area contributed by atoms with E-state index in [1.165, 1.54) is 65.3 Å². The molecule has 1 fully saturated rings. The number of rotatable bonds is 4. The second-order valence-electron chi connectivity index (χ2n) is 8.19. The van der Waals surface area contributed by atoms with Gasteiger partial charge in [-0.3, -0.25) is 9.56 Å². The Labute approximate surface area is 172 Å². The fraction of sp³-hybridized carbons (Fsp3) is 0.296. The topological polar surface area (TPSA) is 17.3 Å². The van der Waals surface area contributed by atoms with Crippen LogP contribution in [-0.4, -0.2) is 16.4 Å². The average molecular weight is 381 g/mol. The van der Waals surface area contributed by atoms with E-state index in [-0.39, 0.29) is 0 Å². The third-order valence-electron chi connectivity index (χ3n) is 6.22. The zero-order valence-corrected chi connectivity index (χ0v) is 16.9. The number of aryl methyl sites for hydroxylation is 1. The maximum Gasteiger partial charge on any atom is 0.109 e. The lowest BCUT2D eigenvalue weighted by Gasteiger charge is -2.21. The fourth-order valence-corrected chi connectivity index (χ4v) is 4.76. The van der Waals surface area contributed by atoms with Crippen LogP contribution in [0.3, 0.4) is 0 Å². The van der Waals surface area contributed by atoms with Crippen molar-refractivity contribution in [3.63, 3.8) is 0 Å². The average Bonchev–Trinajstić information content (AvgIpc) is 3.13. The van der Waals surface area contributed by atoms with E-state index in [1.807, 2.05) is 0 Å². The summed E-state index contributed by atoms with van der Waals surface area (Å²) in [5, 5.41) is 2.64. The van der Waals surface area contributed by atoms with E-state index in [0.717, 1.165) is 12.8 Å². The van der Waals surface area contributed by atoms with Crippen molar-refractivity contribution in [1.82, 2.24) is 4.57 Å². The first-order valence-electron chi connectivity index (χ1n) is 11.0. The van der Waals surface area contributed by atoms with Crippen LogP contribution in [0.5, 0.6) is 0 Å². The van der Waals surface area contributed by atoms with Crippen LogP contribution in [0.2, 0.25) is 0 Å². The quantitative estimate of drug-likeness (QED) is 0.268. The largest absolute Gasteiger partial charge is 0.298 e. The third kappa shape index (κ3) is 3.72. The van der Waals surface area contributed by atoms with Crippen LogP contribution in [0.25, 0.3) is 21.8 Å². The van der Waals surface area contributed by atoms with E-state index in [1.54, 1.807) is 0 Å². The van der Waals surface area contributed by atoms with Gasteiger partial charge in [0.2, 0.25) is 0 Å². The van der Waals surface area contributed by atoms with Gasteiger partial charge in [0, 0.05) is 17.2 Å². The summed E-state index contributed by atoms with van der Waals surface area (Å²) in [5.74, 6) is 1.22. The molecule has 0 bridgehead atoms. The second kappa shape index (κ2) is 8.24. The van der Waals surface area contributed by atoms with Gasteiger partial charge in [-0.2, -0.15) is 0 Å². The summed E-state index contributed by atoms with van der Waals surface area (Å²) in [6, 6.07) is 28.8. The molecule has 0 N–H and O–H groups in total. The maximum absolute atomic E-state index is 5.37. The highest BCUT2D eigenvalue weighted by Crippen LogP contribution is 2.30. The molecule has 0 aliphatic heterocycles. The van der Waals surface area contributed by atoms with Gasteiger partial charge >= 0.3 is 0 Å². The van der Waals surface area contributed by atoms with Gasteiger partial charge < -0.3 is 0 Å². The molecule has 146 valence electrons. The summed E-state index contributed by atoms with van der Waals surface area (Å²) in [7, 11) is 0. The summed E-state index contributed by atoms with van der Waals surface area (Å²) in [5.41, 5.74) is 3.93. The Morgan fingerprint density at radius 3 is 1.97 bits per heavy atom. The van der Waals surface area contributed by atoms with Gasteiger partial charge in [-0.1, -0.05) is 86.0 Å². The van der Waals surface area contributed by atoms with Crippen molar-refractivity contribution >= 4 is 27.6 Å². The van der Waals surface area contributed by atoms with E-state index in [2.05, 4.69) is 83.4 Å². The van der Waals surface area contributed by atoms with Gasteiger partial charge in [0.05, 0.1) is 17.1 Å². The molecule has 4 aromatic rings. The SMILES string of the molecule is c1ccc(CCC(=NC2CCCCC2)n2c3ccccc3c3ccccc32)cc1. The van der Waals surface area contributed by atoms with E-state index in [0.29, 0.717) is 6.04 Å². The highest BCUT2D eigenvalue weighted by atomic mass is 15.1. The van der Waals surface area contributed by atoms with Crippen molar-refractivity contribution in [2.24, 2.45) is 4.99 Å². The number of benzene rings is 3. The van der Waals surface area contributed by atoms with Gasteiger partial charge in [0.1, 0.15) is 5.84 Å². The summed E-state index contributed by atoms with van der Waals surface area (Å²) in [6.07, 6.45) is 8.43. The number of aliphatic imine (C=N–C) groups is 1. The molecule has 29 heavy (non-hydrogen) atoms. The van der Waals surface area contributed by atoms with Gasteiger partial charge in [0.25, 0.3) is 0 Å². The summed E-state index contributed by atoms with van der Waals surface area (Å²) in [6.45, 7) is 0. The lowest BCUT2D eigenvalue weighted by atomic mass is 9.96. The first-order chi connectivity index (χ1) is 14.4. The van der Waals surface area contributed by atoms with Crippen LogP contribution in [0.4, 0.5) is 0 Å². The molecule has 1 aromatic heterocycles. The van der Waals surface area contributed by atoms with Crippen molar-refractivity contribution in [2.45, 2.75) is 51.0 Å². The molecular formula is C27H28N2. The normalized spacial score (nSPS) is 15.9. The number of para-hydroxylation sites is 2. The molecule has 2 heteroatoms. The lowest BCUT2D eigenvalue weighted by molar-refractivity contribution is 0.442. The van der Waals surface area contributed by atoms with Crippen molar-refractivity contribution < 1.29 is 0 Å². The standard InChI is InChI=1S/C27H28N2/c1-3-11-21(12-4-1)19-20-27(28-22-13-5-2-6-14-22)29-25-17-9-7-15-23(25)24-16-8-10-18-26(24)29/h1,3-4,7-12,15-18,22H,2,5-6,13-14,19-20H2. The Bertz CT molecular complexity index is 1080. The predicted octanol–water partition coefficient (Wildman–Crippen LogP) is 7.01. The molecule has 1 aliphatic carbocycles. The molecule has 1 heterocycles. The zero-order chi connectivity index (χ0) is 19.5. The minimum Gasteiger partial charge on any atom is -0.298 e. The number of aromatic nitrogens is 1. The Morgan fingerprint density at radius 2 is 1.31 bits per heavy atom. The summed E-state index contributed by atoms with van der Waals surface area (Å²) < 4.78 is 2.43. The smallest absolute Gasteiger partial charge is 0.109 e. The molecule has 0 amide bonds. The van der Waals surface area contributed by atoms with E-state index in [9.17, 15) is 0 Å². The third-order valence-corrected chi connectivity index (χ3v) is 6.22. The zero-order valence-electron chi connectivity index (χ0n) is 16.9. The molecule has 0 radical (unpaired) electrons. The molecule has 1 saturated carbocycles. The van der Waals surface area contributed by atoms with Crippen LogP contribution < -0.4 is 0 Å². The number of hydrogen-bond acceptors (Lipinski definition) is 1. The number of nitrogens with zero attached hydrogens (tertiary/aromatic N) is 2. The molecule has 0 saturated heterocycles. The Hall–Kier alpha value is -2.87. The minimum atomic E-state index is 0.467. The highest BCUT2D eigenvalue weighted by Gasteiger charge is 2.18. The maximum atomic E-state index is 5.37. The van der Waals surface area contributed by atoms with Crippen LogP contribution >= 0.6 is 0 Å². The summed E-state index contributed by atoms with van der Waals surface area (Å²) in [4.78, 5) is 5.37. The van der Waals surface area contributed by atoms with E-state index >= 15 is 0 Å². The van der Waals surface area contributed by atoms with E-state index < -0.39 is 0 Å². The first-order valence-corrected chi connectivity index (χ1v) is 11.0. The predicted molar refractivity (Wildman–Crippen MR) is 124 cm³/mol. The Morgan fingerprint density at radius 1 is 0.724 bits per heavy atom. The van der Waals surface area contributed by atoms with Crippen molar-refractivity contribution in [3.05, 3.63) is 84.4 Å². The van der Waals surface area contributed by atoms with Crippen molar-refractivity contribution in [2.75, 3.05) is 0 Å². The van der Waals surface area contributed by atoms with Gasteiger partial charge in [-0.25, -0.2) is 0 Å². The highest BCUT2D eigenvalue weighted by molar-refractivity contribution is 6.14. The summed E-state index contributed by atoms with van der Waals surface area (Å²) >= 11 is 0. The van der Waals surface area contributed by atoms with Crippen LogP contribution in [-0.2, 0) is 6.42 Å². The molecular weight excluding hydrogens is 352 g/mol. The molecule has 5 rings (SSSR count). The Kier molecular flexibility index (Phi) is 5.17. The second-order valence-corrected chi connectivity index (χ2v) is 8.19. The van der Waals surface area contributed by atoms with Crippen molar-refractivity contribution in [3.8, 4) is 0 Å². The monoisotopic (exact) mass is 380 g/mol. The molecule has 0 spiro atoms. The lowest BCUT2D eigenvalue weighted by Crippen LogP contribution is -2.19. The number of hydrogen-bond donors (Lipinski definition) is 0. The minimum absolute atomic E-state index is 0.467. The van der Waals surface area contributed by atoms with Gasteiger partial charge in [-0.05, 0) is 37.0 Å². The van der Waals surface area contributed by atoms with Crippen LogP contribution in [0, 0.1) is 0 Å². The molecule has 0 atom stereocenters. The van der Waals surface area contributed by atoms with E-state index in [4.69, 9.17) is 4.99 Å². The number of fused-ring (bicyclic) bond motifs is 3. The van der Waals surface area contributed by atoms with Gasteiger partial charge in [-0.15, -0.1) is 0 Å². The van der Waals surface area contributed by atoms with Crippen LogP contribution in [0.15, 0.2) is 83.9 Å². The molecule has 2 nitrogen and oxygen atoms in total. The molecule has 1 aliphatic rings. The van der Waals surface area contributed by atoms with Crippen molar-refractivity contribution in [1.29, 1.82) is 0 Å². The van der Waals surface area contributed by atoms with Crippen LogP contribution in [0.1, 0.15) is 44.1 Å². The molecule has 0 unspecified atom stereocenters.